The van der Waals surface area contributed by atoms with Gasteiger partial charge in [-0.3, -0.25) is 0 Å². The first-order chi connectivity index (χ1) is 24.2. The molecule has 0 bridgehead atoms. The Bertz CT molecular complexity index is 2230. The van der Waals surface area contributed by atoms with Crippen LogP contribution in [0, 0.1) is 23.7 Å². The summed E-state index contributed by atoms with van der Waals surface area (Å²) in [6, 6.07) is 52.7. The molecular formula is C45H34N4. The maximum absolute atomic E-state index is 5.18. The highest BCUT2D eigenvalue weighted by Crippen LogP contribution is 2.75. The molecule has 4 heteroatoms. The van der Waals surface area contributed by atoms with Crippen molar-refractivity contribution in [2.24, 2.45) is 23.7 Å². The van der Waals surface area contributed by atoms with E-state index in [2.05, 4.69) is 109 Å². The van der Waals surface area contributed by atoms with E-state index in [0.717, 1.165) is 85.7 Å². The molecule has 3 aliphatic rings. The molecule has 3 aliphatic carbocycles. The summed E-state index contributed by atoms with van der Waals surface area (Å²) in [5.41, 5.74) is 11.2. The second-order valence-electron chi connectivity index (χ2n) is 13.9. The van der Waals surface area contributed by atoms with Gasteiger partial charge in [0.1, 0.15) is 0 Å². The van der Waals surface area contributed by atoms with Gasteiger partial charge in [0.2, 0.25) is 0 Å². The van der Waals surface area contributed by atoms with Crippen LogP contribution >= 0.6 is 0 Å². The molecule has 0 aliphatic heterocycles. The fourth-order valence-corrected chi connectivity index (χ4v) is 8.73. The molecule has 2 unspecified atom stereocenters. The lowest BCUT2D eigenvalue weighted by Crippen LogP contribution is -2.65. The molecule has 2 atom stereocenters. The Morgan fingerprint density at radius 1 is 0.367 bits per heavy atom. The van der Waals surface area contributed by atoms with Gasteiger partial charge in [0.15, 0.2) is 11.6 Å². The zero-order valence-electron chi connectivity index (χ0n) is 27.0. The van der Waals surface area contributed by atoms with Gasteiger partial charge in [0, 0.05) is 33.4 Å². The molecule has 49 heavy (non-hydrogen) atoms. The third-order valence-electron chi connectivity index (χ3n) is 11.2. The zero-order chi connectivity index (χ0) is 32.3. The maximum Gasteiger partial charge on any atom is 0.160 e. The van der Waals surface area contributed by atoms with Crippen molar-refractivity contribution in [1.29, 1.82) is 0 Å². The van der Waals surface area contributed by atoms with Crippen LogP contribution in [0.1, 0.15) is 24.3 Å². The Morgan fingerprint density at radius 2 is 0.755 bits per heavy atom. The van der Waals surface area contributed by atoms with Crippen LogP contribution in [0.3, 0.4) is 0 Å². The summed E-state index contributed by atoms with van der Waals surface area (Å²) in [5, 5.41) is 0. The van der Waals surface area contributed by atoms with Gasteiger partial charge in [0.25, 0.3) is 0 Å². The van der Waals surface area contributed by atoms with Gasteiger partial charge >= 0.3 is 0 Å². The minimum Gasteiger partial charge on any atom is -0.228 e. The van der Waals surface area contributed by atoms with E-state index in [-0.39, 0.29) is 0 Å². The Hall–Kier alpha value is -5.74. The van der Waals surface area contributed by atoms with Crippen LogP contribution in [0.15, 0.2) is 152 Å². The number of hydrogen-bond donors (Lipinski definition) is 0. The molecule has 0 saturated heterocycles. The summed E-state index contributed by atoms with van der Waals surface area (Å²) in [6.07, 6.45) is 2.88. The predicted molar refractivity (Wildman–Crippen MR) is 196 cm³/mol. The van der Waals surface area contributed by atoms with Crippen molar-refractivity contribution in [3.63, 3.8) is 0 Å². The molecule has 3 saturated carbocycles. The second kappa shape index (κ2) is 11.5. The Balaban J connectivity index is 1.05. The monoisotopic (exact) mass is 630 g/mol. The lowest BCUT2D eigenvalue weighted by atomic mass is 9.31. The summed E-state index contributed by atoms with van der Waals surface area (Å²) >= 11 is 0. The van der Waals surface area contributed by atoms with E-state index in [0.29, 0.717) is 11.6 Å². The molecule has 0 N–H and O–H groups in total. The molecule has 5 aromatic carbocycles. The average Bonchev–Trinajstić information content (AvgIpc) is 3.18. The van der Waals surface area contributed by atoms with Crippen molar-refractivity contribution >= 4 is 0 Å². The third-order valence-corrected chi connectivity index (χ3v) is 11.2. The first kappa shape index (κ1) is 28.3. The normalized spacial score (nSPS) is 21.5. The van der Waals surface area contributed by atoms with Crippen molar-refractivity contribution in [2.75, 3.05) is 0 Å². The molecule has 10 rings (SSSR count). The molecule has 2 aromatic heterocycles. The van der Waals surface area contributed by atoms with E-state index >= 15 is 0 Å². The molecule has 3 fully saturated rings. The van der Waals surface area contributed by atoms with Gasteiger partial charge in [-0.25, -0.2) is 19.9 Å². The average molecular weight is 631 g/mol. The molecule has 0 radical (unpaired) electrons. The fraction of sp³-hybridized carbons (Fsp3) is 0.156. The van der Waals surface area contributed by atoms with Crippen molar-refractivity contribution in [3.05, 3.63) is 157 Å². The van der Waals surface area contributed by atoms with Crippen molar-refractivity contribution in [1.82, 2.24) is 19.9 Å². The number of nitrogens with zero attached hydrogens (tertiary/aromatic N) is 4. The molecular weight excluding hydrogens is 597 g/mol. The summed E-state index contributed by atoms with van der Waals surface area (Å²) in [7, 11) is 0. The molecule has 0 spiro atoms. The Morgan fingerprint density at radius 3 is 1.14 bits per heavy atom. The van der Waals surface area contributed by atoms with Crippen molar-refractivity contribution < 1.29 is 0 Å². The fourth-order valence-electron chi connectivity index (χ4n) is 8.73. The highest BCUT2D eigenvalue weighted by Gasteiger charge is 2.67. The lowest BCUT2D eigenvalue weighted by molar-refractivity contribution is -0.214. The summed E-state index contributed by atoms with van der Waals surface area (Å²) in [5.74, 6) is 6.05. The smallest absolute Gasteiger partial charge is 0.160 e. The van der Waals surface area contributed by atoms with E-state index in [9.17, 15) is 0 Å². The van der Waals surface area contributed by atoms with E-state index < -0.39 is 0 Å². The number of rotatable bonds is 7. The minimum atomic E-state index is 0.666. The molecule has 2 heterocycles. The van der Waals surface area contributed by atoms with Gasteiger partial charge in [0.05, 0.1) is 22.8 Å². The SMILES string of the molecule is c1ccc(-c2cc(-c3ccccc3)nc(-c3cccc(-c4nc(-c5ccccc5)cc(-c5ccc(C6C7CC8CC6C87)cc5)n4)c3)n2)cc1. The van der Waals surface area contributed by atoms with Crippen LogP contribution in [0.5, 0.6) is 0 Å². The van der Waals surface area contributed by atoms with Gasteiger partial charge in [-0.15, -0.1) is 0 Å². The highest BCUT2D eigenvalue weighted by molar-refractivity contribution is 5.76. The predicted octanol–water partition coefficient (Wildman–Crippen LogP) is 10.6. The summed E-state index contributed by atoms with van der Waals surface area (Å²) < 4.78 is 0. The van der Waals surface area contributed by atoms with Crippen molar-refractivity contribution in [3.8, 4) is 67.8 Å². The topological polar surface area (TPSA) is 51.6 Å². The van der Waals surface area contributed by atoms with Gasteiger partial charge in [-0.05, 0) is 66.2 Å². The van der Waals surface area contributed by atoms with Crippen LogP contribution < -0.4 is 0 Å². The Labute approximate surface area is 286 Å². The van der Waals surface area contributed by atoms with Crippen LogP contribution in [0.4, 0.5) is 0 Å². The molecule has 4 nitrogen and oxygen atoms in total. The standard InChI is InChI=1S/C45H34N4/c1-4-11-28(12-5-1)38-26-39(29-13-6-2-7-14-29)47-44(46-38)33-17-10-18-34(23-33)45-48-40(30-15-8-3-9-16-30)27-41(49-45)31-19-21-32(22-20-31)42-36-24-35-25-37(42)43(35)36/h1-23,26-27,35-37,42-43H,24-25H2. The van der Waals surface area contributed by atoms with E-state index in [4.69, 9.17) is 19.9 Å². The Kier molecular flexibility index (Phi) is 6.61. The van der Waals surface area contributed by atoms with Crippen LogP contribution in [0.2, 0.25) is 0 Å². The van der Waals surface area contributed by atoms with Crippen LogP contribution in [-0.4, -0.2) is 19.9 Å². The van der Waals surface area contributed by atoms with E-state index in [1.165, 1.54) is 18.4 Å². The van der Waals surface area contributed by atoms with Crippen LogP contribution in [-0.2, 0) is 0 Å². The number of aromatic nitrogens is 4. The van der Waals surface area contributed by atoms with Crippen molar-refractivity contribution in [2.45, 2.75) is 18.8 Å². The van der Waals surface area contributed by atoms with E-state index in [1.807, 2.05) is 42.5 Å². The largest absolute Gasteiger partial charge is 0.228 e. The van der Waals surface area contributed by atoms with E-state index in [1.54, 1.807) is 0 Å². The summed E-state index contributed by atoms with van der Waals surface area (Å²) in [4.78, 5) is 20.4. The maximum atomic E-state index is 5.18. The number of benzene rings is 5. The molecule has 234 valence electrons. The number of hydrogen-bond acceptors (Lipinski definition) is 4. The quantitative estimate of drug-likeness (QED) is 0.176. The lowest BCUT2D eigenvalue weighted by Gasteiger charge is -2.73. The van der Waals surface area contributed by atoms with Gasteiger partial charge < -0.3 is 0 Å². The van der Waals surface area contributed by atoms with Crippen LogP contribution in [0.25, 0.3) is 67.8 Å². The van der Waals surface area contributed by atoms with Gasteiger partial charge in [-0.1, -0.05) is 133 Å². The summed E-state index contributed by atoms with van der Waals surface area (Å²) in [6.45, 7) is 0. The first-order valence-corrected chi connectivity index (χ1v) is 17.4. The third kappa shape index (κ3) is 4.90. The first-order valence-electron chi connectivity index (χ1n) is 17.4. The van der Waals surface area contributed by atoms with Gasteiger partial charge in [-0.2, -0.15) is 0 Å². The second-order valence-corrected chi connectivity index (χ2v) is 13.9. The molecule has 0 amide bonds. The zero-order valence-corrected chi connectivity index (χ0v) is 27.0. The minimum absolute atomic E-state index is 0.666. The molecule has 7 aromatic rings. The highest BCUT2D eigenvalue weighted by atomic mass is 14.9.